The Morgan fingerprint density at radius 1 is 1.26 bits per heavy atom. The monoisotopic (exact) mass is 370 g/mol. The van der Waals surface area contributed by atoms with Crippen LogP contribution < -0.4 is 10.7 Å². The van der Waals surface area contributed by atoms with E-state index in [4.69, 9.17) is 4.42 Å². The zero-order valence-electron chi connectivity index (χ0n) is 16.1. The second kappa shape index (κ2) is 7.55. The molecule has 3 rings (SSSR count). The van der Waals surface area contributed by atoms with E-state index in [9.17, 15) is 14.4 Å². The third-order valence-corrected chi connectivity index (χ3v) is 4.88. The molecule has 144 valence electrons. The van der Waals surface area contributed by atoms with E-state index in [2.05, 4.69) is 5.32 Å². The Morgan fingerprint density at radius 2 is 2.00 bits per heavy atom. The average molecular weight is 370 g/mol. The molecule has 1 aromatic carbocycles. The summed E-state index contributed by atoms with van der Waals surface area (Å²) in [5.41, 5.74) is -0.232. The first kappa shape index (κ1) is 19.1. The molecular weight excluding hydrogens is 344 g/mol. The number of benzene rings is 1. The van der Waals surface area contributed by atoms with E-state index in [-0.39, 0.29) is 28.9 Å². The number of rotatable bonds is 3. The molecule has 27 heavy (non-hydrogen) atoms. The molecule has 0 spiro atoms. The maximum atomic E-state index is 12.8. The average Bonchev–Trinajstić information content (AvgIpc) is 2.65. The Morgan fingerprint density at radius 3 is 2.74 bits per heavy atom. The molecule has 6 heteroatoms. The predicted molar refractivity (Wildman–Crippen MR) is 104 cm³/mol. The van der Waals surface area contributed by atoms with Crippen molar-refractivity contribution in [1.29, 1.82) is 0 Å². The number of amides is 2. The fraction of sp³-hybridized carbons (Fsp3) is 0.476. The van der Waals surface area contributed by atoms with Gasteiger partial charge in [0, 0.05) is 31.1 Å². The number of nitrogens with zero attached hydrogens (tertiary/aromatic N) is 1. The highest BCUT2D eigenvalue weighted by Gasteiger charge is 2.28. The number of likely N-dealkylation sites (tertiary alicyclic amines) is 1. The molecule has 0 saturated carbocycles. The lowest BCUT2D eigenvalue weighted by Crippen LogP contribution is -2.45. The van der Waals surface area contributed by atoms with Crippen molar-refractivity contribution in [3.05, 3.63) is 46.3 Å². The summed E-state index contributed by atoms with van der Waals surface area (Å²) in [6.07, 6.45) is 1.81. The number of nitrogens with one attached hydrogen (secondary N) is 1. The molecule has 1 saturated heterocycles. The van der Waals surface area contributed by atoms with Crippen LogP contribution in [0.3, 0.4) is 0 Å². The van der Waals surface area contributed by atoms with Gasteiger partial charge in [0.15, 0.2) is 11.2 Å². The Kier molecular flexibility index (Phi) is 5.35. The van der Waals surface area contributed by atoms with Gasteiger partial charge in [0.05, 0.1) is 5.39 Å². The lowest BCUT2D eigenvalue weighted by atomic mass is 9.94. The number of carbonyl (C=O) groups excluding carboxylic acids is 2. The van der Waals surface area contributed by atoms with Crippen LogP contribution in [0.5, 0.6) is 0 Å². The molecule has 2 heterocycles. The summed E-state index contributed by atoms with van der Waals surface area (Å²) in [4.78, 5) is 38.9. The Balaban J connectivity index is 1.70. The number of para-hydroxylation sites is 1. The molecule has 2 aromatic rings. The van der Waals surface area contributed by atoms with E-state index in [0.717, 1.165) is 12.8 Å². The van der Waals surface area contributed by atoms with E-state index >= 15 is 0 Å². The van der Waals surface area contributed by atoms with Crippen molar-refractivity contribution in [3.8, 4) is 0 Å². The van der Waals surface area contributed by atoms with Gasteiger partial charge in [-0.15, -0.1) is 0 Å². The Labute approximate surface area is 158 Å². The molecule has 0 radical (unpaired) electrons. The third kappa shape index (κ3) is 4.38. The lowest BCUT2D eigenvalue weighted by Gasteiger charge is -2.33. The van der Waals surface area contributed by atoms with E-state index in [1.165, 1.54) is 6.07 Å². The van der Waals surface area contributed by atoms with Crippen LogP contribution >= 0.6 is 0 Å². The van der Waals surface area contributed by atoms with E-state index in [1.807, 2.05) is 20.8 Å². The maximum Gasteiger partial charge on any atom is 0.289 e. The quantitative estimate of drug-likeness (QED) is 0.901. The fourth-order valence-corrected chi connectivity index (χ4v) is 3.28. The number of hydrogen-bond donors (Lipinski definition) is 1. The van der Waals surface area contributed by atoms with Gasteiger partial charge in [0.25, 0.3) is 5.91 Å². The molecular formula is C21H26N2O4. The Hall–Kier alpha value is -2.63. The zero-order chi connectivity index (χ0) is 19.6. The highest BCUT2D eigenvalue weighted by Crippen LogP contribution is 2.20. The van der Waals surface area contributed by atoms with Gasteiger partial charge in [-0.1, -0.05) is 32.9 Å². The van der Waals surface area contributed by atoms with Crippen LogP contribution in [0.1, 0.15) is 44.2 Å². The summed E-state index contributed by atoms with van der Waals surface area (Å²) in [5, 5.41) is 3.44. The van der Waals surface area contributed by atoms with Gasteiger partial charge in [0.2, 0.25) is 5.91 Å². The van der Waals surface area contributed by atoms with Gasteiger partial charge in [0.1, 0.15) is 5.58 Å². The zero-order valence-corrected chi connectivity index (χ0v) is 16.1. The van der Waals surface area contributed by atoms with Gasteiger partial charge in [-0.2, -0.15) is 0 Å². The van der Waals surface area contributed by atoms with Crippen LogP contribution in [0.25, 0.3) is 11.0 Å². The number of piperidine rings is 1. The molecule has 1 aromatic heterocycles. The summed E-state index contributed by atoms with van der Waals surface area (Å²) in [5.74, 6) is -0.00423. The molecule has 1 fully saturated rings. The fourth-order valence-electron chi connectivity index (χ4n) is 3.28. The summed E-state index contributed by atoms with van der Waals surface area (Å²) >= 11 is 0. The lowest BCUT2D eigenvalue weighted by molar-refractivity contribution is -0.128. The molecule has 1 N–H and O–H groups in total. The SMILES string of the molecule is CC(C)(C)C(=O)NCC1CCCN(C(=O)c2cc(=O)c3ccccc3o2)C1. The summed E-state index contributed by atoms with van der Waals surface area (Å²) in [6, 6.07) is 8.19. The molecule has 1 aliphatic heterocycles. The van der Waals surface area contributed by atoms with Crippen LogP contribution in [0, 0.1) is 11.3 Å². The van der Waals surface area contributed by atoms with Crippen molar-refractivity contribution in [2.75, 3.05) is 19.6 Å². The smallest absolute Gasteiger partial charge is 0.289 e. The third-order valence-electron chi connectivity index (χ3n) is 4.88. The summed E-state index contributed by atoms with van der Waals surface area (Å²) in [6.45, 7) is 7.34. The number of carbonyl (C=O) groups is 2. The number of fused-ring (bicyclic) bond motifs is 1. The van der Waals surface area contributed by atoms with Crippen molar-refractivity contribution in [1.82, 2.24) is 10.2 Å². The minimum absolute atomic E-state index is 0.00600. The first-order chi connectivity index (χ1) is 12.8. The van der Waals surface area contributed by atoms with Crippen LogP contribution in [0.15, 0.2) is 39.5 Å². The molecule has 2 amide bonds. The van der Waals surface area contributed by atoms with Crippen LogP contribution in [0.2, 0.25) is 0 Å². The molecule has 6 nitrogen and oxygen atoms in total. The van der Waals surface area contributed by atoms with Gasteiger partial charge in [-0.05, 0) is 30.9 Å². The van der Waals surface area contributed by atoms with Crippen LogP contribution in [-0.2, 0) is 4.79 Å². The van der Waals surface area contributed by atoms with Crippen LogP contribution in [0.4, 0.5) is 0 Å². The van der Waals surface area contributed by atoms with Gasteiger partial charge >= 0.3 is 0 Å². The summed E-state index contributed by atoms with van der Waals surface area (Å²) < 4.78 is 5.67. The van der Waals surface area contributed by atoms with Crippen LogP contribution in [-0.4, -0.2) is 36.3 Å². The second-order valence-electron chi connectivity index (χ2n) is 8.19. The largest absolute Gasteiger partial charge is 0.451 e. The minimum atomic E-state index is -0.432. The molecule has 0 aliphatic carbocycles. The highest BCUT2D eigenvalue weighted by atomic mass is 16.3. The molecule has 1 atom stereocenters. The second-order valence-corrected chi connectivity index (χ2v) is 8.19. The maximum absolute atomic E-state index is 12.8. The number of hydrogen-bond acceptors (Lipinski definition) is 4. The molecule has 1 unspecified atom stereocenters. The van der Waals surface area contributed by atoms with Crippen molar-refractivity contribution < 1.29 is 14.0 Å². The highest BCUT2D eigenvalue weighted by molar-refractivity contribution is 5.93. The minimum Gasteiger partial charge on any atom is -0.451 e. The van der Waals surface area contributed by atoms with Crippen molar-refractivity contribution in [2.45, 2.75) is 33.6 Å². The van der Waals surface area contributed by atoms with E-state index in [1.54, 1.807) is 29.2 Å². The van der Waals surface area contributed by atoms with Crippen molar-refractivity contribution in [3.63, 3.8) is 0 Å². The standard InChI is InChI=1S/C21H26N2O4/c1-21(2,3)20(26)22-12-14-7-6-10-23(13-14)19(25)18-11-16(24)15-8-4-5-9-17(15)27-18/h4-5,8-9,11,14H,6-7,10,12-13H2,1-3H3,(H,22,26). The normalized spacial score (nSPS) is 17.7. The van der Waals surface area contributed by atoms with Gasteiger partial charge in [-0.25, -0.2) is 0 Å². The van der Waals surface area contributed by atoms with Crippen molar-refractivity contribution >= 4 is 22.8 Å². The van der Waals surface area contributed by atoms with Gasteiger partial charge < -0.3 is 14.6 Å². The molecule has 0 bridgehead atoms. The van der Waals surface area contributed by atoms with Gasteiger partial charge in [-0.3, -0.25) is 14.4 Å². The molecule has 1 aliphatic rings. The topological polar surface area (TPSA) is 79.6 Å². The summed E-state index contributed by atoms with van der Waals surface area (Å²) in [7, 11) is 0. The first-order valence-corrected chi connectivity index (χ1v) is 9.36. The Bertz CT molecular complexity index is 910. The predicted octanol–water partition coefficient (Wildman–Crippen LogP) is 2.81. The van der Waals surface area contributed by atoms with E-state index < -0.39 is 5.41 Å². The van der Waals surface area contributed by atoms with Crippen molar-refractivity contribution in [2.24, 2.45) is 11.3 Å². The van der Waals surface area contributed by atoms with E-state index in [0.29, 0.717) is 30.6 Å². The first-order valence-electron chi connectivity index (χ1n) is 9.36.